The highest BCUT2D eigenvalue weighted by Gasteiger charge is 2.46. The molecule has 0 saturated carbocycles. The van der Waals surface area contributed by atoms with Gasteiger partial charge in [-0.3, -0.25) is 14.4 Å². The summed E-state index contributed by atoms with van der Waals surface area (Å²) >= 11 is 0. The van der Waals surface area contributed by atoms with Crippen LogP contribution in [-0.2, 0) is 4.79 Å². The van der Waals surface area contributed by atoms with Crippen molar-refractivity contribution < 1.29 is 13.6 Å². The first kappa shape index (κ1) is 21.2. The van der Waals surface area contributed by atoms with E-state index >= 15 is 0 Å². The van der Waals surface area contributed by atoms with Gasteiger partial charge in [0.25, 0.3) is 5.92 Å². The normalized spacial score (nSPS) is 24.3. The maximum absolute atomic E-state index is 14.4. The number of hydrogen-bond acceptors (Lipinski definition) is 3. The van der Waals surface area contributed by atoms with E-state index in [-0.39, 0.29) is 24.9 Å². The van der Waals surface area contributed by atoms with Gasteiger partial charge in [0.15, 0.2) is 0 Å². The first-order valence-electron chi connectivity index (χ1n) is 10.6. The lowest BCUT2D eigenvalue weighted by Gasteiger charge is -2.41. The molecule has 0 bridgehead atoms. The Morgan fingerprint density at radius 3 is 2.39 bits per heavy atom. The van der Waals surface area contributed by atoms with Crippen LogP contribution < -0.4 is 0 Å². The monoisotopic (exact) mass is 396 g/mol. The fraction of sp³-hybridized carbons (Fsp3) is 0.810. The molecule has 3 heterocycles. The van der Waals surface area contributed by atoms with Crippen molar-refractivity contribution in [3.05, 3.63) is 18.0 Å². The first-order chi connectivity index (χ1) is 13.2. The Balaban J connectivity index is 1.49. The quantitative estimate of drug-likeness (QED) is 0.761. The number of carbonyl (C=O) groups excluding carboxylic acids is 1. The van der Waals surface area contributed by atoms with Gasteiger partial charge < -0.3 is 4.90 Å². The molecule has 7 heteroatoms. The van der Waals surface area contributed by atoms with Crippen molar-refractivity contribution in [3.63, 3.8) is 0 Å². The third kappa shape index (κ3) is 4.73. The zero-order valence-corrected chi connectivity index (χ0v) is 17.6. The van der Waals surface area contributed by atoms with Gasteiger partial charge in [0.05, 0.1) is 24.8 Å². The number of alkyl halides is 2. The van der Waals surface area contributed by atoms with Crippen LogP contribution in [0.4, 0.5) is 8.78 Å². The smallest absolute Gasteiger partial charge is 0.263 e. The third-order valence-corrected chi connectivity index (χ3v) is 6.31. The molecule has 2 saturated heterocycles. The van der Waals surface area contributed by atoms with E-state index in [9.17, 15) is 13.6 Å². The number of rotatable bonds is 5. The minimum atomic E-state index is -2.71. The fourth-order valence-electron chi connectivity index (χ4n) is 4.52. The molecule has 1 atom stereocenters. The number of amides is 1. The summed E-state index contributed by atoms with van der Waals surface area (Å²) in [6.45, 7) is 9.67. The Bertz CT molecular complexity index is 665. The molecule has 1 unspecified atom stereocenters. The summed E-state index contributed by atoms with van der Waals surface area (Å²) in [7, 11) is 0. The largest absolute Gasteiger partial charge is 0.341 e. The zero-order chi connectivity index (χ0) is 20.5. The van der Waals surface area contributed by atoms with E-state index < -0.39 is 11.8 Å². The Hall–Kier alpha value is -1.50. The van der Waals surface area contributed by atoms with E-state index in [2.05, 4.69) is 25.0 Å². The molecule has 2 aliphatic heterocycles. The van der Waals surface area contributed by atoms with E-state index in [0.717, 1.165) is 18.5 Å². The van der Waals surface area contributed by atoms with E-state index in [1.165, 1.54) is 0 Å². The third-order valence-electron chi connectivity index (χ3n) is 6.31. The van der Waals surface area contributed by atoms with Crippen molar-refractivity contribution in [1.82, 2.24) is 19.6 Å². The lowest BCUT2D eigenvalue weighted by atomic mass is 9.83. The molecule has 0 N–H and O–H groups in total. The summed E-state index contributed by atoms with van der Waals surface area (Å²) < 4.78 is 30.8. The maximum atomic E-state index is 14.4. The van der Waals surface area contributed by atoms with E-state index in [4.69, 9.17) is 0 Å². The van der Waals surface area contributed by atoms with Crippen LogP contribution in [0.5, 0.6) is 0 Å². The maximum Gasteiger partial charge on any atom is 0.263 e. The highest BCUT2D eigenvalue weighted by atomic mass is 19.3. The van der Waals surface area contributed by atoms with Crippen LogP contribution in [-0.4, -0.2) is 64.1 Å². The molecule has 1 amide bonds. The molecule has 2 aliphatic rings. The number of nitrogens with zero attached hydrogens (tertiary/aromatic N) is 4. The average molecular weight is 397 g/mol. The Morgan fingerprint density at radius 1 is 1.18 bits per heavy atom. The highest BCUT2D eigenvalue weighted by molar-refractivity contribution is 5.78. The minimum absolute atomic E-state index is 0.0272. The molecule has 28 heavy (non-hydrogen) atoms. The zero-order valence-electron chi connectivity index (χ0n) is 17.6. The van der Waals surface area contributed by atoms with E-state index in [1.807, 2.05) is 29.6 Å². The van der Waals surface area contributed by atoms with Crippen molar-refractivity contribution in [2.75, 3.05) is 32.7 Å². The number of aromatic nitrogens is 2. The number of halogens is 2. The Labute approximate surface area is 167 Å². The summed E-state index contributed by atoms with van der Waals surface area (Å²) in [6.07, 6.45) is 4.20. The lowest BCUT2D eigenvalue weighted by molar-refractivity contribution is -0.144. The topological polar surface area (TPSA) is 41.4 Å². The van der Waals surface area contributed by atoms with Gasteiger partial charge >= 0.3 is 0 Å². The van der Waals surface area contributed by atoms with Crippen molar-refractivity contribution in [2.45, 2.75) is 64.8 Å². The second-order valence-electron chi connectivity index (χ2n) is 9.10. The van der Waals surface area contributed by atoms with Gasteiger partial charge in [-0.25, -0.2) is 8.78 Å². The summed E-state index contributed by atoms with van der Waals surface area (Å²) in [5.41, 5.74) is 1.09. The standard InChI is InChI=1S/C21H34F2N4O/c1-15(2)18-7-9-25(14-21(18,22)23)13-20(28)26-10-5-17(6-11-26)27-12-8-19(24-27)16(3)4/h8,12,15-18H,5-7,9-11,13-14H2,1-4H3. The predicted molar refractivity (Wildman–Crippen MR) is 105 cm³/mol. The highest BCUT2D eigenvalue weighted by Crippen LogP contribution is 2.37. The first-order valence-corrected chi connectivity index (χ1v) is 10.6. The minimum Gasteiger partial charge on any atom is -0.341 e. The number of carbonyl (C=O) groups is 1. The molecule has 1 aromatic heterocycles. The molecule has 3 rings (SSSR count). The van der Waals surface area contributed by atoms with Crippen LogP contribution in [0, 0.1) is 11.8 Å². The number of hydrogen-bond donors (Lipinski definition) is 0. The fourth-order valence-corrected chi connectivity index (χ4v) is 4.52. The van der Waals surface area contributed by atoms with Crippen molar-refractivity contribution in [1.29, 1.82) is 0 Å². The molecule has 0 spiro atoms. The number of likely N-dealkylation sites (tertiary alicyclic amines) is 2. The van der Waals surface area contributed by atoms with E-state index in [0.29, 0.717) is 38.0 Å². The Kier molecular flexibility index (Phi) is 6.42. The molecular formula is C21H34F2N4O. The summed E-state index contributed by atoms with van der Waals surface area (Å²) in [4.78, 5) is 16.1. The summed E-state index contributed by atoms with van der Waals surface area (Å²) in [5, 5.41) is 4.66. The van der Waals surface area contributed by atoms with Crippen LogP contribution in [0.25, 0.3) is 0 Å². The molecule has 1 aromatic rings. The van der Waals surface area contributed by atoms with Gasteiger partial charge in [-0.2, -0.15) is 5.10 Å². The van der Waals surface area contributed by atoms with Gasteiger partial charge in [0.1, 0.15) is 0 Å². The van der Waals surface area contributed by atoms with Gasteiger partial charge in [-0.1, -0.05) is 27.7 Å². The Morgan fingerprint density at radius 2 is 1.86 bits per heavy atom. The van der Waals surface area contributed by atoms with Crippen LogP contribution in [0.15, 0.2) is 12.3 Å². The summed E-state index contributed by atoms with van der Waals surface area (Å²) in [6, 6.07) is 2.37. The van der Waals surface area contributed by atoms with Crippen molar-refractivity contribution in [3.8, 4) is 0 Å². The molecule has 0 radical (unpaired) electrons. The van der Waals surface area contributed by atoms with Gasteiger partial charge in [-0.15, -0.1) is 0 Å². The lowest BCUT2D eigenvalue weighted by Crippen LogP contribution is -2.53. The van der Waals surface area contributed by atoms with Gasteiger partial charge in [-0.05, 0) is 43.7 Å². The van der Waals surface area contributed by atoms with E-state index in [1.54, 1.807) is 4.90 Å². The van der Waals surface area contributed by atoms with Crippen LogP contribution in [0.1, 0.15) is 64.6 Å². The van der Waals surface area contributed by atoms with Gasteiger partial charge in [0, 0.05) is 25.2 Å². The van der Waals surface area contributed by atoms with Crippen molar-refractivity contribution in [2.24, 2.45) is 11.8 Å². The van der Waals surface area contributed by atoms with Crippen LogP contribution >= 0.6 is 0 Å². The van der Waals surface area contributed by atoms with Crippen molar-refractivity contribution >= 4 is 5.91 Å². The SMILES string of the molecule is CC(C)c1ccn(C2CCN(C(=O)CN3CCC(C(C)C)C(F)(F)C3)CC2)n1. The summed E-state index contributed by atoms with van der Waals surface area (Å²) in [5.74, 6) is -2.96. The molecule has 158 valence electrons. The number of piperidine rings is 2. The molecule has 2 fully saturated rings. The van der Waals surface area contributed by atoms with Gasteiger partial charge in [0.2, 0.25) is 5.91 Å². The molecule has 0 aromatic carbocycles. The molecule has 0 aliphatic carbocycles. The second-order valence-corrected chi connectivity index (χ2v) is 9.10. The van der Waals surface area contributed by atoms with Crippen LogP contribution in [0.2, 0.25) is 0 Å². The van der Waals surface area contributed by atoms with Crippen LogP contribution in [0.3, 0.4) is 0 Å². The second kappa shape index (κ2) is 8.47. The molecule has 5 nitrogen and oxygen atoms in total. The average Bonchev–Trinajstić information content (AvgIpc) is 3.11. The molecular weight excluding hydrogens is 362 g/mol. The predicted octanol–water partition coefficient (Wildman–Crippen LogP) is 3.78.